The smallest absolute Gasteiger partial charge is 0.439 e. The van der Waals surface area contributed by atoms with E-state index in [-0.39, 0.29) is 12.0 Å². The van der Waals surface area contributed by atoms with E-state index in [0.29, 0.717) is 46.9 Å². The fourth-order valence-electron chi connectivity index (χ4n) is 3.32. The number of ether oxygens (including phenoxy) is 2. The van der Waals surface area contributed by atoms with E-state index in [4.69, 9.17) is 32.7 Å². The molecule has 2 unspecified atom stereocenters. The van der Waals surface area contributed by atoms with Crippen molar-refractivity contribution in [2.24, 2.45) is 5.92 Å². The molecule has 9 heteroatoms. The molecule has 0 saturated carbocycles. The van der Waals surface area contributed by atoms with E-state index in [1.54, 1.807) is 12.1 Å². The highest BCUT2D eigenvalue weighted by molar-refractivity contribution is 6.42. The molecule has 2 aromatic carbocycles. The van der Waals surface area contributed by atoms with Gasteiger partial charge in [0.05, 0.1) is 34.9 Å². The summed E-state index contributed by atoms with van der Waals surface area (Å²) in [5.74, 6) is 0.325. The van der Waals surface area contributed by atoms with Crippen molar-refractivity contribution in [3.8, 4) is 17.1 Å². The molecule has 0 bridgehead atoms. The highest BCUT2D eigenvalue weighted by Gasteiger charge is 2.28. The van der Waals surface area contributed by atoms with Gasteiger partial charge in [0, 0.05) is 19.0 Å². The first-order chi connectivity index (χ1) is 14.1. The van der Waals surface area contributed by atoms with Gasteiger partial charge >= 0.3 is 5.76 Å². The minimum atomic E-state index is -0.615. The summed E-state index contributed by atoms with van der Waals surface area (Å²) in [6, 6.07) is 12.9. The number of nitrogens with one attached hydrogen (secondary N) is 2. The van der Waals surface area contributed by atoms with Crippen LogP contribution in [0.2, 0.25) is 10.0 Å². The van der Waals surface area contributed by atoms with Gasteiger partial charge in [-0.3, -0.25) is 9.51 Å². The standard InChI is InChI=1S/C20H19Cl2N3O4/c21-15-6-5-12(9-16(15)22)18-13(10-23-7-8-27-18)11-28-17-4-2-1-3-14(17)19-24-20(26)29-25-19/h1-6,9,13,18,23H,7-8,10-11H2,(H,24,25,26). The summed E-state index contributed by atoms with van der Waals surface area (Å²) in [6.07, 6.45) is -0.196. The molecular weight excluding hydrogens is 417 g/mol. The summed E-state index contributed by atoms with van der Waals surface area (Å²) in [5.41, 5.74) is 1.60. The molecule has 1 saturated heterocycles. The Morgan fingerprint density at radius 2 is 2.03 bits per heavy atom. The number of aromatic nitrogens is 2. The second-order valence-corrected chi connectivity index (χ2v) is 7.49. The van der Waals surface area contributed by atoms with Crippen molar-refractivity contribution < 1.29 is 14.0 Å². The van der Waals surface area contributed by atoms with Crippen LogP contribution in [-0.2, 0) is 4.74 Å². The molecule has 0 spiro atoms. The summed E-state index contributed by atoms with van der Waals surface area (Å²) in [5, 5.41) is 8.12. The van der Waals surface area contributed by atoms with E-state index in [9.17, 15) is 4.79 Å². The van der Waals surface area contributed by atoms with Crippen molar-refractivity contribution in [2.75, 3.05) is 26.3 Å². The second kappa shape index (κ2) is 9.00. The first kappa shape index (κ1) is 20.0. The van der Waals surface area contributed by atoms with Crippen LogP contribution in [0.25, 0.3) is 11.4 Å². The predicted octanol–water partition coefficient (Wildman–Crippen LogP) is 3.69. The maximum Gasteiger partial charge on any atom is 0.439 e. The van der Waals surface area contributed by atoms with Crippen LogP contribution in [-0.4, -0.2) is 36.4 Å². The molecule has 1 fully saturated rings. The SMILES string of the molecule is O=c1[nH]c(-c2ccccc2OCC2CNCCOC2c2ccc(Cl)c(Cl)c2)no1. The van der Waals surface area contributed by atoms with Crippen LogP contribution in [0, 0.1) is 5.92 Å². The number of aromatic amines is 1. The predicted molar refractivity (Wildman–Crippen MR) is 110 cm³/mol. The topological polar surface area (TPSA) is 89.4 Å². The first-order valence-corrected chi connectivity index (χ1v) is 9.93. The molecule has 1 aliphatic rings. The molecule has 29 heavy (non-hydrogen) atoms. The van der Waals surface area contributed by atoms with E-state index in [1.807, 2.05) is 30.3 Å². The molecule has 3 aromatic rings. The lowest BCUT2D eigenvalue weighted by molar-refractivity contribution is 0.0154. The van der Waals surface area contributed by atoms with Gasteiger partial charge in [0.15, 0.2) is 5.82 Å². The maximum absolute atomic E-state index is 11.3. The molecule has 1 aliphatic heterocycles. The van der Waals surface area contributed by atoms with Gasteiger partial charge in [-0.1, -0.05) is 46.6 Å². The lowest BCUT2D eigenvalue weighted by Gasteiger charge is -2.26. The van der Waals surface area contributed by atoms with Crippen LogP contribution in [0.15, 0.2) is 51.8 Å². The van der Waals surface area contributed by atoms with Gasteiger partial charge in [-0.25, -0.2) is 4.79 Å². The molecule has 1 aromatic heterocycles. The van der Waals surface area contributed by atoms with Crippen molar-refractivity contribution in [3.05, 3.63) is 68.6 Å². The average molecular weight is 436 g/mol. The Hall–Kier alpha value is -2.32. The highest BCUT2D eigenvalue weighted by atomic mass is 35.5. The van der Waals surface area contributed by atoms with Gasteiger partial charge in [-0.15, -0.1) is 0 Å². The number of nitrogens with zero attached hydrogens (tertiary/aromatic N) is 1. The molecule has 0 radical (unpaired) electrons. The van der Waals surface area contributed by atoms with Crippen LogP contribution in [0.4, 0.5) is 0 Å². The number of rotatable bonds is 5. The van der Waals surface area contributed by atoms with Crippen LogP contribution >= 0.6 is 23.2 Å². The fraction of sp³-hybridized carbons (Fsp3) is 0.300. The third kappa shape index (κ3) is 4.64. The molecule has 152 valence electrons. The van der Waals surface area contributed by atoms with Gasteiger partial charge in [0.25, 0.3) is 0 Å². The van der Waals surface area contributed by atoms with E-state index in [0.717, 1.165) is 12.1 Å². The molecule has 2 heterocycles. The van der Waals surface area contributed by atoms with Gasteiger partial charge in [-0.2, -0.15) is 0 Å². The molecule has 0 amide bonds. The van der Waals surface area contributed by atoms with Crippen molar-refractivity contribution in [2.45, 2.75) is 6.10 Å². The lowest BCUT2D eigenvalue weighted by Crippen LogP contribution is -2.29. The normalized spacial score (nSPS) is 19.7. The Labute approximate surface area is 176 Å². The number of hydrogen-bond donors (Lipinski definition) is 2. The number of para-hydroxylation sites is 1. The Balaban J connectivity index is 1.56. The number of H-pyrrole nitrogens is 1. The summed E-state index contributed by atoms with van der Waals surface area (Å²) in [6.45, 7) is 2.44. The molecule has 2 N–H and O–H groups in total. The number of hydrogen-bond acceptors (Lipinski definition) is 6. The summed E-state index contributed by atoms with van der Waals surface area (Å²) in [7, 11) is 0. The Morgan fingerprint density at radius 3 is 2.83 bits per heavy atom. The first-order valence-electron chi connectivity index (χ1n) is 9.17. The lowest BCUT2D eigenvalue weighted by atomic mass is 9.96. The summed E-state index contributed by atoms with van der Waals surface area (Å²) in [4.78, 5) is 13.8. The van der Waals surface area contributed by atoms with Crippen molar-refractivity contribution >= 4 is 23.2 Å². The van der Waals surface area contributed by atoms with Crippen LogP contribution < -0.4 is 15.8 Å². The van der Waals surface area contributed by atoms with E-state index >= 15 is 0 Å². The molecule has 0 aliphatic carbocycles. The van der Waals surface area contributed by atoms with Gasteiger partial charge in [-0.05, 0) is 29.8 Å². The Morgan fingerprint density at radius 1 is 1.17 bits per heavy atom. The average Bonchev–Trinajstić information content (AvgIpc) is 3.02. The second-order valence-electron chi connectivity index (χ2n) is 6.68. The van der Waals surface area contributed by atoms with Crippen molar-refractivity contribution in [1.82, 2.24) is 15.5 Å². The van der Waals surface area contributed by atoms with Gasteiger partial charge < -0.3 is 14.8 Å². The van der Waals surface area contributed by atoms with Crippen molar-refractivity contribution in [1.29, 1.82) is 0 Å². The van der Waals surface area contributed by atoms with Crippen LogP contribution in [0.3, 0.4) is 0 Å². The van der Waals surface area contributed by atoms with Gasteiger partial charge in [0.2, 0.25) is 0 Å². The van der Waals surface area contributed by atoms with E-state index in [2.05, 4.69) is 20.0 Å². The van der Waals surface area contributed by atoms with E-state index < -0.39 is 5.76 Å². The number of halogens is 2. The van der Waals surface area contributed by atoms with Gasteiger partial charge in [0.1, 0.15) is 5.75 Å². The third-order valence-electron chi connectivity index (χ3n) is 4.72. The zero-order chi connectivity index (χ0) is 20.2. The minimum Gasteiger partial charge on any atom is -0.492 e. The third-order valence-corrected chi connectivity index (χ3v) is 5.46. The summed E-state index contributed by atoms with van der Waals surface area (Å²) < 4.78 is 16.8. The zero-order valence-electron chi connectivity index (χ0n) is 15.4. The Kier molecular flexibility index (Phi) is 6.20. The number of benzene rings is 2. The summed E-state index contributed by atoms with van der Waals surface area (Å²) >= 11 is 12.3. The largest absolute Gasteiger partial charge is 0.492 e. The minimum absolute atomic E-state index is 0.0270. The quantitative estimate of drug-likeness (QED) is 0.634. The monoisotopic (exact) mass is 435 g/mol. The molecule has 4 rings (SSSR count). The molecule has 7 nitrogen and oxygen atoms in total. The zero-order valence-corrected chi connectivity index (χ0v) is 16.9. The van der Waals surface area contributed by atoms with Crippen LogP contribution in [0.5, 0.6) is 5.75 Å². The highest BCUT2D eigenvalue weighted by Crippen LogP contribution is 2.33. The van der Waals surface area contributed by atoms with Crippen molar-refractivity contribution in [3.63, 3.8) is 0 Å². The van der Waals surface area contributed by atoms with E-state index in [1.165, 1.54) is 0 Å². The Bertz CT molecular complexity index is 1040. The maximum atomic E-state index is 11.3. The van der Waals surface area contributed by atoms with Crippen LogP contribution in [0.1, 0.15) is 11.7 Å². The molecular formula is C20H19Cl2N3O4. The molecule has 2 atom stereocenters. The fourth-order valence-corrected chi connectivity index (χ4v) is 3.63.